The van der Waals surface area contributed by atoms with Gasteiger partial charge in [-0.15, -0.1) is 11.3 Å². The number of esters is 1. The number of carbonyl (C=O) groups is 2. The lowest BCUT2D eigenvalue weighted by molar-refractivity contribution is 0.0528. The van der Waals surface area contributed by atoms with E-state index < -0.39 is 11.9 Å². The van der Waals surface area contributed by atoms with Gasteiger partial charge in [-0.3, -0.25) is 4.79 Å². The Kier molecular flexibility index (Phi) is 4.95. The van der Waals surface area contributed by atoms with Crippen LogP contribution in [0.15, 0.2) is 47.0 Å². The number of rotatable bonds is 5. The maximum Gasteiger partial charge on any atom is 0.341 e. The van der Waals surface area contributed by atoms with Crippen LogP contribution in [0.5, 0.6) is 0 Å². The minimum Gasteiger partial charge on any atom is -0.462 e. The summed E-state index contributed by atoms with van der Waals surface area (Å²) in [7, 11) is 0. The van der Waals surface area contributed by atoms with E-state index in [1.165, 1.54) is 17.4 Å². The van der Waals surface area contributed by atoms with Crippen molar-refractivity contribution in [2.24, 2.45) is 0 Å². The second kappa shape index (κ2) is 7.31. The molecule has 0 fully saturated rings. The molecular formula is C18H16N2O4S. The second-order valence-corrected chi connectivity index (χ2v) is 6.27. The number of hydrogen-bond donors (Lipinski definition) is 1. The standard InChI is InChI=1S/C18H16N2O4S/c1-3-23-18(22)13-10-15(12-7-5-4-6-8-12)25-17(13)19-16(21)14-9-11(2)24-20-14/h4-10H,3H2,1-2H3,(H,19,21). The topological polar surface area (TPSA) is 81.4 Å². The van der Waals surface area contributed by atoms with Crippen LogP contribution < -0.4 is 5.32 Å². The highest BCUT2D eigenvalue weighted by molar-refractivity contribution is 7.20. The summed E-state index contributed by atoms with van der Waals surface area (Å²) in [6.07, 6.45) is 0. The first kappa shape index (κ1) is 16.9. The Hall–Kier alpha value is -2.93. The zero-order valence-corrected chi connectivity index (χ0v) is 14.6. The van der Waals surface area contributed by atoms with Crippen LogP contribution in [0.4, 0.5) is 5.00 Å². The number of aromatic nitrogens is 1. The molecule has 2 heterocycles. The van der Waals surface area contributed by atoms with Crippen LogP contribution in [-0.4, -0.2) is 23.6 Å². The Balaban J connectivity index is 1.94. The Morgan fingerprint density at radius 1 is 1.24 bits per heavy atom. The Labute approximate surface area is 148 Å². The molecule has 1 amide bonds. The summed E-state index contributed by atoms with van der Waals surface area (Å²) in [4.78, 5) is 25.4. The van der Waals surface area contributed by atoms with Crippen molar-refractivity contribution in [3.8, 4) is 10.4 Å². The normalized spacial score (nSPS) is 10.5. The number of benzene rings is 1. The summed E-state index contributed by atoms with van der Waals surface area (Å²) >= 11 is 1.31. The summed E-state index contributed by atoms with van der Waals surface area (Å²) in [6.45, 7) is 3.69. The largest absolute Gasteiger partial charge is 0.462 e. The zero-order chi connectivity index (χ0) is 17.8. The van der Waals surface area contributed by atoms with Crippen LogP contribution in [0.25, 0.3) is 10.4 Å². The highest BCUT2D eigenvalue weighted by Gasteiger charge is 2.21. The fraction of sp³-hybridized carbons (Fsp3) is 0.167. The number of thiophene rings is 1. The van der Waals surface area contributed by atoms with Gasteiger partial charge in [-0.2, -0.15) is 0 Å². The van der Waals surface area contributed by atoms with Crippen LogP contribution in [0, 0.1) is 6.92 Å². The highest BCUT2D eigenvalue weighted by Crippen LogP contribution is 2.36. The van der Waals surface area contributed by atoms with Crippen molar-refractivity contribution in [2.45, 2.75) is 13.8 Å². The van der Waals surface area contributed by atoms with Gasteiger partial charge in [0.1, 0.15) is 10.8 Å². The van der Waals surface area contributed by atoms with Crippen molar-refractivity contribution in [3.05, 3.63) is 59.5 Å². The van der Waals surface area contributed by atoms with E-state index in [2.05, 4.69) is 10.5 Å². The molecule has 0 unspecified atom stereocenters. The van der Waals surface area contributed by atoms with Gasteiger partial charge in [0.25, 0.3) is 5.91 Å². The summed E-state index contributed by atoms with van der Waals surface area (Å²) in [6, 6.07) is 12.9. The van der Waals surface area contributed by atoms with E-state index in [0.29, 0.717) is 16.3 Å². The monoisotopic (exact) mass is 356 g/mol. The van der Waals surface area contributed by atoms with Crippen LogP contribution in [0.1, 0.15) is 33.5 Å². The minimum absolute atomic E-state index is 0.155. The van der Waals surface area contributed by atoms with Crippen LogP contribution in [0.2, 0.25) is 0 Å². The van der Waals surface area contributed by atoms with Gasteiger partial charge in [0.2, 0.25) is 0 Å². The van der Waals surface area contributed by atoms with E-state index in [4.69, 9.17) is 9.26 Å². The molecular weight excluding hydrogens is 340 g/mol. The first-order valence-corrected chi connectivity index (χ1v) is 8.51. The van der Waals surface area contributed by atoms with E-state index in [1.54, 1.807) is 19.9 Å². The molecule has 3 rings (SSSR count). The van der Waals surface area contributed by atoms with E-state index in [0.717, 1.165) is 10.4 Å². The number of carbonyl (C=O) groups excluding carboxylic acids is 2. The van der Waals surface area contributed by atoms with Crippen molar-refractivity contribution in [2.75, 3.05) is 11.9 Å². The maximum atomic E-state index is 12.3. The third-order valence-electron chi connectivity index (χ3n) is 3.37. The van der Waals surface area contributed by atoms with Gasteiger partial charge in [0.05, 0.1) is 12.2 Å². The lowest BCUT2D eigenvalue weighted by Crippen LogP contribution is -2.14. The first-order chi connectivity index (χ1) is 12.1. The summed E-state index contributed by atoms with van der Waals surface area (Å²) < 4.78 is 10.0. The number of anilines is 1. The predicted octanol–water partition coefficient (Wildman–Crippen LogP) is 4.14. The van der Waals surface area contributed by atoms with Gasteiger partial charge in [-0.1, -0.05) is 35.5 Å². The summed E-state index contributed by atoms with van der Waals surface area (Å²) in [5, 5.41) is 6.83. The highest BCUT2D eigenvalue weighted by atomic mass is 32.1. The second-order valence-electron chi connectivity index (χ2n) is 5.22. The molecule has 3 aromatic rings. The molecule has 2 aromatic heterocycles. The molecule has 0 aliphatic heterocycles. The van der Waals surface area contributed by atoms with Crippen LogP contribution in [-0.2, 0) is 4.74 Å². The molecule has 0 atom stereocenters. The predicted molar refractivity (Wildman–Crippen MR) is 94.9 cm³/mol. The molecule has 25 heavy (non-hydrogen) atoms. The van der Waals surface area contributed by atoms with Crippen molar-refractivity contribution >= 4 is 28.2 Å². The fourth-order valence-corrected chi connectivity index (χ4v) is 3.28. The van der Waals surface area contributed by atoms with Crippen molar-refractivity contribution in [3.63, 3.8) is 0 Å². The van der Waals surface area contributed by atoms with Gasteiger partial charge in [-0.05, 0) is 25.5 Å². The smallest absolute Gasteiger partial charge is 0.341 e. The quantitative estimate of drug-likeness (QED) is 0.695. The minimum atomic E-state index is -0.479. The summed E-state index contributed by atoms with van der Waals surface area (Å²) in [5.41, 5.74) is 1.43. The van der Waals surface area contributed by atoms with E-state index in [-0.39, 0.29) is 12.3 Å². The van der Waals surface area contributed by atoms with E-state index in [1.807, 2.05) is 30.3 Å². The number of ether oxygens (including phenoxy) is 1. The number of nitrogens with zero attached hydrogens (tertiary/aromatic N) is 1. The van der Waals surface area contributed by atoms with Gasteiger partial charge >= 0.3 is 5.97 Å². The van der Waals surface area contributed by atoms with E-state index >= 15 is 0 Å². The van der Waals surface area contributed by atoms with Gasteiger partial charge in [-0.25, -0.2) is 4.79 Å². The molecule has 0 bridgehead atoms. The first-order valence-electron chi connectivity index (χ1n) is 7.69. The van der Waals surface area contributed by atoms with Crippen molar-refractivity contribution in [1.29, 1.82) is 0 Å². The molecule has 0 aliphatic rings. The molecule has 1 N–H and O–H groups in total. The average Bonchev–Trinajstić information content (AvgIpc) is 3.22. The molecule has 0 spiro atoms. The van der Waals surface area contributed by atoms with Gasteiger partial charge < -0.3 is 14.6 Å². The van der Waals surface area contributed by atoms with Crippen molar-refractivity contribution in [1.82, 2.24) is 5.16 Å². The molecule has 6 nitrogen and oxygen atoms in total. The Morgan fingerprint density at radius 2 is 2.00 bits per heavy atom. The fourth-order valence-electron chi connectivity index (χ4n) is 2.23. The van der Waals surface area contributed by atoms with Crippen molar-refractivity contribution < 1.29 is 18.8 Å². The zero-order valence-electron chi connectivity index (χ0n) is 13.7. The maximum absolute atomic E-state index is 12.3. The number of nitrogens with one attached hydrogen (secondary N) is 1. The van der Waals surface area contributed by atoms with Crippen LogP contribution in [0.3, 0.4) is 0 Å². The molecule has 1 aromatic carbocycles. The summed E-state index contributed by atoms with van der Waals surface area (Å²) in [5.74, 6) is -0.386. The molecule has 128 valence electrons. The molecule has 0 saturated carbocycles. The average molecular weight is 356 g/mol. The SMILES string of the molecule is CCOC(=O)c1cc(-c2ccccc2)sc1NC(=O)c1cc(C)on1. The lowest BCUT2D eigenvalue weighted by atomic mass is 10.1. The lowest BCUT2D eigenvalue weighted by Gasteiger charge is -2.04. The van der Waals surface area contributed by atoms with Crippen LogP contribution >= 0.6 is 11.3 Å². The third-order valence-corrected chi connectivity index (χ3v) is 4.47. The molecule has 0 aliphatic carbocycles. The number of aryl methyl sites for hydroxylation is 1. The Morgan fingerprint density at radius 3 is 2.64 bits per heavy atom. The number of amides is 1. The molecule has 7 heteroatoms. The Bertz CT molecular complexity index is 899. The van der Waals surface area contributed by atoms with E-state index in [9.17, 15) is 9.59 Å². The number of hydrogen-bond acceptors (Lipinski definition) is 6. The molecule has 0 radical (unpaired) electrons. The van der Waals surface area contributed by atoms with Gasteiger partial charge in [0.15, 0.2) is 5.69 Å². The van der Waals surface area contributed by atoms with Gasteiger partial charge in [0, 0.05) is 10.9 Å². The third kappa shape index (κ3) is 3.77. The molecule has 0 saturated heterocycles.